The summed E-state index contributed by atoms with van der Waals surface area (Å²) in [5, 5.41) is 0. The zero-order valence-electron chi connectivity index (χ0n) is 9.42. The molecule has 14 heavy (non-hydrogen) atoms. The summed E-state index contributed by atoms with van der Waals surface area (Å²) in [6.07, 6.45) is 8.26. The molecule has 0 aliphatic heterocycles. The van der Waals surface area contributed by atoms with Gasteiger partial charge in [-0.05, 0) is 36.0 Å². The van der Waals surface area contributed by atoms with Crippen LogP contribution in [0, 0.1) is 35.5 Å². The topological polar surface area (TPSA) is 9.23 Å². The van der Waals surface area contributed by atoms with E-state index in [0.717, 1.165) is 11.8 Å². The first-order valence-corrected chi connectivity index (χ1v) is 5.62. The summed E-state index contributed by atoms with van der Waals surface area (Å²) < 4.78 is 5.70. The largest absolute Gasteiger partial charge is 0.365 e. The summed E-state index contributed by atoms with van der Waals surface area (Å²) in [7, 11) is 0. The Labute approximate surface area is 87.2 Å². The van der Waals surface area contributed by atoms with E-state index >= 15 is 0 Å². The molecule has 0 aromatic carbocycles. The smallest absolute Gasteiger partial charge is 0.107 e. The molecule has 3 aliphatic rings. The van der Waals surface area contributed by atoms with Gasteiger partial charge in [-0.2, -0.15) is 0 Å². The summed E-state index contributed by atoms with van der Waals surface area (Å²) in [4.78, 5) is 0. The molecule has 0 aromatic rings. The first-order valence-electron chi connectivity index (χ1n) is 5.62. The third-order valence-corrected chi connectivity index (χ3v) is 4.66. The molecular formula is C13H20O. The van der Waals surface area contributed by atoms with Crippen molar-refractivity contribution in [2.45, 2.75) is 39.7 Å². The number of ether oxygens (including phenoxy) is 1. The number of fused-ring (bicyclic) bond motifs is 2. The van der Waals surface area contributed by atoms with Gasteiger partial charge >= 0.3 is 0 Å². The van der Waals surface area contributed by atoms with Crippen LogP contribution in [-0.4, -0.2) is 12.7 Å². The van der Waals surface area contributed by atoms with E-state index < -0.39 is 0 Å². The van der Waals surface area contributed by atoms with Crippen molar-refractivity contribution < 1.29 is 4.74 Å². The van der Waals surface area contributed by atoms with Gasteiger partial charge in [0.1, 0.15) is 6.61 Å². The predicted molar refractivity (Wildman–Crippen MR) is 57.7 cm³/mol. The van der Waals surface area contributed by atoms with Gasteiger partial charge in [0, 0.05) is 0 Å². The molecule has 0 radical (unpaired) electrons. The SMILES string of the molecule is C#CCO[C@H]1C[C@H]2C[C@@H]([C@@H]1C)C2(C)C. The molecule has 3 fully saturated rings. The molecule has 3 aliphatic carbocycles. The standard InChI is InChI=1S/C13H20O/c1-5-6-14-12-8-10-7-11(9(12)2)13(10,3)4/h1,9-12H,6-8H2,2-4H3/t9-,10+,11-,12-/m0/s1. The van der Waals surface area contributed by atoms with Crippen LogP contribution >= 0.6 is 0 Å². The van der Waals surface area contributed by atoms with Crippen LogP contribution in [0.1, 0.15) is 33.6 Å². The van der Waals surface area contributed by atoms with Gasteiger partial charge in [0.25, 0.3) is 0 Å². The fourth-order valence-corrected chi connectivity index (χ4v) is 3.48. The van der Waals surface area contributed by atoms with Gasteiger partial charge in [-0.25, -0.2) is 0 Å². The zero-order valence-corrected chi connectivity index (χ0v) is 9.42. The van der Waals surface area contributed by atoms with Crippen molar-refractivity contribution in [1.82, 2.24) is 0 Å². The maximum absolute atomic E-state index is 5.70. The molecule has 78 valence electrons. The minimum Gasteiger partial charge on any atom is -0.365 e. The third kappa shape index (κ3) is 1.28. The second kappa shape index (κ2) is 3.28. The summed E-state index contributed by atoms with van der Waals surface area (Å²) in [6, 6.07) is 0. The number of terminal acetylenes is 1. The Morgan fingerprint density at radius 1 is 1.43 bits per heavy atom. The van der Waals surface area contributed by atoms with Crippen LogP contribution < -0.4 is 0 Å². The van der Waals surface area contributed by atoms with E-state index in [1.54, 1.807) is 0 Å². The Morgan fingerprint density at radius 3 is 2.64 bits per heavy atom. The number of rotatable bonds is 2. The van der Waals surface area contributed by atoms with E-state index in [1.165, 1.54) is 12.8 Å². The second-order valence-electron chi connectivity index (χ2n) is 5.51. The lowest BCUT2D eigenvalue weighted by Gasteiger charge is -2.61. The highest BCUT2D eigenvalue weighted by Gasteiger charge is 2.56. The van der Waals surface area contributed by atoms with Crippen molar-refractivity contribution in [1.29, 1.82) is 0 Å². The zero-order chi connectivity index (χ0) is 10.3. The predicted octanol–water partition coefficient (Wildman–Crippen LogP) is 2.71. The van der Waals surface area contributed by atoms with Crippen LogP contribution in [-0.2, 0) is 4.74 Å². The van der Waals surface area contributed by atoms with E-state index in [0.29, 0.717) is 24.0 Å². The van der Waals surface area contributed by atoms with Gasteiger partial charge in [-0.15, -0.1) is 6.42 Å². The molecule has 0 saturated heterocycles. The second-order valence-corrected chi connectivity index (χ2v) is 5.51. The highest BCUT2D eigenvalue weighted by Crippen LogP contribution is 2.61. The first-order chi connectivity index (χ1) is 6.57. The first kappa shape index (κ1) is 10.1. The Hall–Kier alpha value is -0.480. The van der Waals surface area contributed by atoms with Crippen molar-refractivity contribution in [3.8, 4) is 12.3 Å². The fraction of sp³-hybridized carbons (Fsp3) is 0.846. The highest BCUT2D eigenvalue weighted by molar-refractivity contribution is 5.05. The van der Waals surface area contributed by atoms with E-state index in [4.69, 9.17) is 11.2 Å². The summed E-state index contributed by atoms with van der Waals surface area (Å²) in [5.74, 6) is 4.97. The lowest BCUT2D eigenvalue weighted by molar-refractivity contribution is -0.167. The van der Waals surface area contributed by atoms with E-state index in [-0.39, 0.29) is 0 Å². The molecule has 3 rings (SSSR count). The normalized spacial score (nSPS) is 43.9. The molecule has 0 aromatic heterocycles. The lowest BCUT2D eigenvalue weighted by atomic mass is 9.45. The van der Waals surface area contributed by atoms with Crippen LogP contribution in [0.5, 0.6) is 0 Å². The third-order valence-electron chi connectivity index (χ3n) is 4.66. The monoisotopic (exact) mass is 192 g/mol. The Balaban J connectivity index is 1.98. The molecule has 0 N–H and O–H groups in total. The molecule has 4 atom stereocenters. The van der Waals surface area contributed by atoms with Gasteiger partial charge in [-0.3, -0.25) is 0 Å². The van der Waals surface area contributed by atoms with Gasteiger partial charge in [0.05, 0.1) is 6.10 Å². The number of hydrogen-bond donors (Lipinski definition) is 0. The van der Waals surface area contributed by atoms with Crippen LogP contribution in [0.3, 0.4) is 0 Å². The molecular weight excluding hydrogens is 172 g/mol. The molecule has 2 bridgehead atoms. The van der Waals surface area contributed by atoms with Crippen molar-refractivity contribution in [3.63, 3.8) is 0 Å². The summed E-state index contributed by atoms with van der Waals surface area (Å²) in [6.45, 7) is 7.61. The van der Waals surface area contributed by atoms with Crippen LogP contribution in [0.25, 0.3) is 0 Å². The quantitative estimate of drug-likeness (QED) is 0.611. The van der Waals surface area contributed by atoms with Gasteiger partial charge in [0.2, 0.25) is 0 Å². The molecule has 1 nitrogen and oxygen atoms in total. The Bertz CT molecular complexity index is 261. The van der Waals surface area contributed by atoms with Crippen molar-refractivity contribution >= 4 is 0 Å². The number of hydrogen-bond acceptors (Lipinski definition) is 1. The van der Waals surface area contributed by atoms with Gasteiger partial charge in [-0.1, -0.05) is 26.7 Å². The molecule has 0 spiro atoms. The van der Waals surface area contributed by atoms with Crippen LogP contribution in [0.4, 0.5) is 0 Å². The van der Waals surface area contributed by atoms with E-state index in [2.05, 4.69) is 26.7 Å². The Kier molecular flexibility index (Phi) is 2.35. The summed E-state index contributed by atoms with van der Waals surface area (Å²) >= 11 is 0. The molecule has 0 unspecified atom stereocenters. The molecule has 3 saturated carbocycles. The van der Waals surface area contributed by atoms with Gasteiger partial charge in [0.15, 0.2) is 0 Å². The average molecular weight is 192 g/mol. The average Bonchev–Trinajstić information content (AvgIpc) is 2.15. The maximum Gasteiger partial charge on any atom is 0.107 e. The van der Waals surface area contributed by atoms with E-state index in [1.807, 2.05) is 0 Å². The molecule has 0 heterocycles. The lowest BCUT2D eigenvalue weighted by Crippen LogP contribution is -2.57. The van der Waals surface area contributed by atoms with Gasteiger partial charge < -0.3 is 4.74 Å². The molecule has 1 heteroatoms. The highest BCUT2D eigenvalue weighted by atomic mass is 16.5. The summed E-state index contributed by atoms with van der Waals surface area (Å²) in [5.41, 5.74) is 0.551. The minimum absolute atomic E-state index is 0.419. The van der Waals surface area contributed by atoms with Crippen LogP contribution in [0.2, 0.25) is 0 Å². The maximum atomic E-state index is 5.70. The fourth-order valence-electron chi connectivity index (χ4n) is 3.48. The van der Waals surface area contributed by atoms with Crippen molar-refractivity contribution in [2.75, 3.05) is 6.61 Å². The Morgan fingerprint density at radius 2 is 2.14 bits per heavy atom. The van der Waals surface area contributed by atoms with Crippen LogP contribution in [0.15, 0.2) is 0 Å². The minimum atomic E-state index is 0.419. The van der Waals surface area contributed by atoms with Crippen molar-refractivity contribution in [2.24, 2.45) is 23.2 Å². The molecule has 0 amide bonds. The van der Waals surface area contributed by atoms with E-state index in [9.17, 15) is 0 Å². The van der Waals surface area contributed by atoms with Crippen molar-refractivity contribution in [3.05, 3.63) is 0 Å².